The highest BCUT2D eigenvalue weighted by Crippen LogP contribution is 2.49. The Morgan fingerprint density at radius 1 is 0.662 bits per heavy atom. The van der Waals surface area contributed by atoms with Crippen molar-refractivity contribution in [3.05, 3.63) is 197 Å². The molecule has 0 spiro atoms. The van der Waals surface area contributed by atoms with Gasteiger partial charge in [-0.2, -0.15) is 0 Å². The van der Waals surface area contributed by atoms with Crippen LogP contribution in [0.4, 0.5) is 4.79 Å². The van der Waals surface area contributed by atoms with Crippen molar-refractivity contribution in [1.82, 2.24) is 26.3 Å². The van der Waals surface area contributed by atoms with E-state index in [1.165, 1.54) is 32.7 Å². The first-order chi connectivity index (χ1) is 31.5. The first kappa shape index (κ1) is 45.8. The normalized spacial score (nSPS) is 13.0. The zero-order valence-electron chi connectivity index (χ0n) is 36.4. The van der Waals surface area contributed by atoms with Gasteiger partial charge >= 0.3 is 12.1 Å². The molecule has 5 aromatic carbocycles. The van der Waals surface area contributed by atoms with Gasteiger partial charge in [0, 0.05) is 30.5 Å². The van der Waals surface area contributed by atoms with Crippen LogP contribution in [0.25, 0.3) is 11.1 Å². The minimum Gasteiger partial charge on any atom is -0.468 e. The molecule has 2 atom stereocenters. The molecule has 13 heteroatoms. The first-order valence-electron chi connectivity index (χ1n) is 21.3. The van der Waals surface area contributed by atoms with Gasteiger partial charge < -0.3 is 30.7 Å². The Bertz CT molecular complexity index is 2450. The molecule has 4 amide bonds. The van der Waals surface area contributed by atoms with Crippen LogP contribution < -0.4 is 21.3 Å². The smallest absolute Gasteiger partial charge is 0.407 e. The summed E-state index contributed by atoms with van der Waals surface area (Å²) in [7, 11) is 1.21. The minimum absolute atomic E-state index is 0.000667. The van der Waals surface area contributed by atoms with Gasteiger partial charge in [-0.1, -0.05) is 146 Å². The van der Waals surface area contributed by atoms with E-state index >= 15 is 0 Å². The van der Waals surface area contributed by atoms with Crippen LogP contribution in [0.15, 0.2) is 164 Å². The molecule has 1 aromatic heterocycles. The summed E-state index contributed by atoms with van der Waals surface area (Å²) in [6.45, 7) is 2.61. The SMILES string of the molecule is COC(=O)CNC(=O)C(C)(C)NC(=O)[C@@H](CSC(c1ccccc1)(c1ccccc1)c1ccccc1)NC(=O)[C@@H](Cc1cccnc1)NC(=O)OCC1c2ccccc2-c2ccccc21. The average Bonchev–Trinajstić information content (AvgIpc) is 3.66. The molecule has 7 rings (SSSR count). The summed E-state index contributed by atoms with van der Waals surface area (Å²) in [5.41, 5.74) is 6.14. The molecule has 65 heavy (non-hydrogen) atoms. The number of nitrogens with zero attached hydrogens (tertiary/aromatic N) is 1. The van der Waals surface area contributed by atoms with Crippen LogP contribution in [0.5, 0.6) is 0 Å². The van der Waals surface area contributed by atoms with Crippen LogP contribution in [0.3, 0.4) is 0 Å². The molecule has 1 aliphatic carbocycles. The van der Waals surface area contributed by atoms with E-state index in [0.717, 1.165) is 38.9 Å². The van der Waals surface area contributed by atoms with Crippen LogP contribution in [0.2, 0.25) is 0 Å². The van der Waals surface area contributed by atoms with Crippen molar-refractivity contribution in [2.45, 2.75) is 48.6 Å². The Hall–Kier alpha value is -7.25. The number of carbonyl (C=O) groups is 5. The molecule has 0 bridgehead atoms. The fourth-order valence-corrected chi connectivity index (χ4v) is 9.64. The molecular weight excluding hydrogens is 839 g/mol. The molecule has 1 heterocycles. The quantitative estimate of drug-likeness (QED) is 0.0530. The van der Waals surface area contributed by atoms with Gasteiger partial charge in [-0.15, -0.1) is 11.8 Å². The number of fused-ring (bicyclic) bond motifs is 3. The van der Waals surface area contributed by atoms with Crippen molar-refractivity contribution in [3.8, 4) is 11.1 Å². The largest absolute Gasteiger partial charge is 0.468 e. The van der Waals surface area contributed by atoms with Gasteiger partial charge in [-0.05, 0) is 64.4 Å². The van der Waals surface area contributed by atoms with E-state index < -0.39 is 58.7 Å². The maximum atomic E-state index is 14.7. The predicted octanol–water partition coefficient (Wildman–Crippen LogP) is 6.93. The standard InChI is InChI=1S/C52H51N5O7S/c1-51(2,49(61)54-32-46(58)63-3)57-48(60)45(34-65-52(36-19-7-4-8-20-36,37-21-9-5-10-22-37)38-23-11-6-12-24-38)55-47(59)44(30-35-18-17-29-53-31-35)56-50(62)64-33-43-41-27-15-13-25-39(41)40-26-14-16-28-42(40)43/h4-29,31,43-45H,30,32-34H2,1-3H3,(H,54,61)(H,55,59)(H,56,62)(H,57,60)/t44-,45-/m1/s1. The van der Waals surface area contributed by atoms with Gasteiger partial charge in [-0.3, -0.25) is 24.2 Å². The molecule has 1 aliphatic rings. The number of hydrogen-bond acceptors (Lipinski definition) is 9. The van der Waals surface area contributed by atoms with Crippen molar-refractivity contribution < 1.29 is 33.4 Å². The number of ether oxygens (including phenoxy) is 2. The highest BCUT2D eigenvalue weighted by Gasteiger charge is 2.41. The molecule has 12 nitrogen and oxygen atoms in total. The second-order valence-electron chi connectivity index (χ2n) is 16.1. The topological polar surface area (TPSA) is 165 Å². The first-order valence-corrected chi connectivity index (χ1v) is 22.3. The number of carbonyl (C=O) groups excluding carboxylic acids is 5. The molecule has 6 aromatic rings. The number of esters is 1. The number of nitrogens with one attached hydrogen (secondary N) is 4. The van der Waals surface area contributed by atoms with Gasteiger partial charge in [0.15, 0.2) is 0 Å². The van der Waals surface area contributed by atoms with E-state index in [9.17, 15) is 24.0 Å². The summed E-state index contributed by atoms with van der Waals surface area (Å²) in [6, 6.07) is 46.7. The minimum atomic E-state index is -1.54. The summed E-state index contributed by atoms with van der Waals surface area (Å²) in [6.07, 6.45) is 2.42. The molecule has 332 valence electrons. The molecular formula is C52H51N5O7S. The van der Waals surface area contributed by atoms with Gasteiger partial charge in [0.1, 0.15) is 30.8 Å². The lowest BCUT2D eigenvalue weighted by Gasteiger charge is -2.37. The lowest BCUT2D eigenvalue weighted by molar-refractivity contribution is -0.142. The summed E-state index contributed by atoms with van der Waals surface area (Å²) in [4.78, 5) is 72.6. The number of methoxy groups -OCH3 is 1. The number of rotatable bonds is 18. The van der Waals surface area contributed by atoms with Crippen LogP contribution in [-0.4, -0.2) is 78.4 Å². The Balaban J connectivity index is 1.19. The predicted molar refractivity (Wildman–Crippen MR) is 251 cm³/mol. The second-order valence-corrected chi connectivity index (χ2v) is 17.3. The van der Waals surface area contributed by atoms with E-state index in [-0.39, 0.29) is 24.7 Å². The third-order valence-corrected chi connectivity index (χ3v) is 13.0. The number of aromatic nitrogens is 1. The zero-order valence-corrected chi connectivity index (χ0v) is 37.2. The molecule has 0 unspecified atom stereocenters. The Morgan fingerprint density at radius 2 is 1.20 bits per heavy atom. The van der Waals surface area contributed by atoms with Gasteiger partial charge in [-0.25, -0.2) is 4.79 Å². The highest BCUT2D eigenvalue weighted by molar-refractivity contribution is 8.00. The molecule has 0 aliphatic heterocycles. The summed E-state index contributed by atoms with van der Waals surface area (Å²) < 4.78 is 9.68. The summed E-state index contributed by atoms with van der Waals surface area (Å²) in [5, 5.41) is 11.0. The van der Waals surface area contributed by atoms with Crippen LogP contribution in [0.1, 0.15) is 53.1 Å². The van der Waals surface area contributed by atoms with Crippen LogP contribution in [0, 0.1) is 0 Å². The van der Waals surface area contributed by atoms with Crippen molar-refractivity contribution in [1.29, 1.82) is 0 Å². The average molecular weight is 890 g/mol. The molecule has 0 saturated heterocycles. The zero-order chi connectivity index (χ0) is 45.8. The Kier molecular flexibility index (Phi) is 14.8. The number of amides is 4. The van der Waals surface area contributed by atoms with Crippen LogP contribution >= 0.6 is 11.8 Å². The fourth-order valence-electron chi connectivity index (χ4n) is 8.08. The fraction of sp³-hybridized carbons (Fsp3) is 0.231. The third-order valence-electron chi connectivity index (χ3n) is 11.4. The van der Waals surface area contributed by atoms with E-state index in [0.29, 0.717) is 5.56 Å². The van der Waals surface area contributed by atoms with E-state index in [1.807, 2.05) is 140 Å². The van der Waals surface area contributed by atoms with Gasteiger partial charge in [0.05, 0.1) is 11.9 Å². The molecule has 0 saturated carbocycles. The van der Waals surface area contributed by atoms with E-state index in [4.69, 9.17) is 4.74 Å². The summed E-state index contributed by atoms with van der Waals surface area (Å²) in [5.74, 6) is -2.86. The van der Waals surface area contributed by atoms with Crippen LogP contribution in [-0.2, 0) is 39.8 Å². The van der Waals surface area contributed by atoms with E-state index in [2.05, 4.69) is 31.0 Å². The number of pyridine rings is 1. The van der Waals surface area contributed by atoms with E-state index in [1.54, 1.807) is 24.5 Å². The summed E-state index contributed by atoms with van der Waals surface area (Å²) >= 11 is 1.44. The number of benzene rings is 5. The highest BCUT2D eigenvalue weighted by atomic mass is 32.2. The van der Waals surface area contributed by atoms with Crippen molar-refractivity contribution in [3.63, 3.8) is 0 Å². The van der Waals surface area contributed by atoms with Gasteiger partial charge in [0.25, 0.3) is 0 Å². The van der Waals surface area contributed by atoms with Gasteiger partial charge in [0.2, 0.25) is 17.7 Å². The maximum Gasteiger partial charge on any atom is 0.407 e. The van der Waals surface area contributed by atoms with Crippen molar-refractivity contribution in [2.24, 2.45) is 0 Å². The monoisotopic (exact) mass is 889 g/mol. The molecule has 0 radical (unpaired) electrons. The molecule has 0 fully saturated rings. The lowest BCUT2D eigenvalue weighted by Crippen LogP contribution is -2.61. The maximum absolute atomic E-state index is 14.7. The van der Waals surface area contributed by atoms with Crippen molar-refractivity contribution >= 4 is 41.5 Å². The number of alkyl carbamates (subject to hydrolysis) is 1. The Labute approximate surface area is 382 Å². The lowest BCUT2D eigenvalue weighted by atomic mass is 9.84. The Morgan fingerprint density at radius 3 is 1.72 bits per heavy atom. The molecule has 4 N–H and O–H groups in total. The number of thioether (sulfide) groups is 1. The van der Waals surface area contributed by atoms with Crippen molar-refractivity contribution in [2.75, 3.05) is 26.0 Å². The number of hydrogen-bond donors (Lipinski definition) is 4. The second kappa shape index (κ2) is 21.0. The third kappa shape index (κ3) is 10.8.